The van der Waals surface area contributed by atoms with Crippen LogP contribution in [-0.2, 0) is 6.42 Å². The second kappa shape index (κ2) is 8.28. The summed E-state index contributed by atoms with van der Waals surface area (Å²) in [5.74, 6) is 1.62. The van der Waals surface area contributed by atoms with Crippen LogP contribution in [0.15, 0.2) is 24.3 Å². The molecule has 3 heteroatoms. The van der Waals surface area contributed by atoms with Crippen molar-refractivity contribution in [1.82, 2.24) is 0 Å². The summed E-state index contributed by atoms with van der Waals surface area (Å²) >= 11 is 0. The number of rotatable bonds is 6. The minimum Gasteiger partial charge on any atom is -0.493 e. The molecule has 1 aliphatic carbocycles. The second-order valence-electron chi connectivity index (χ2n) is 5.91. The van der Waals surface area contributed by atoms with Crippen molar-refractivity contribution in [1.29, 1.82) is 0 Å². The van der Waals surface area contributed by atoms with Crippen LogP contribution in [0.1, 0.15) is 44.1 Å². The first-order valence-electron chi connectivity index (χ1n) is 7.88. The van der Waals surface area contributed by atoms with E-state index < -0.39 is 6.10 Å². The molecule has 1 aromatic carbocycles. The number of hydrogen-bond donors (Lipinski definition) is 2. The van der Waals surface area contributed by atoms with Gasteiger partial charge < -0.3 is 15.6 Å². The SMILES string of the molecule is NCC(O)Cc1cccc(OCC2CCCCCC2)c1. The van der Waals surface area contributed by atoms with Crippen LogP contribution in [0.3, 0.4) is 0 Å². The zero-order valence-electron chi connectivity index (χ0n) is 12.3. The van der Waals surface area contributed by atoms with E-state index in [4.69, 9.17) is 10.5 Å². The van der Waals surface area contributed by atoms with Crippen LogP contribution in [0, 0.1) is 5.92 Å². The fourth-order valence-electron chi connectivity index (χ4n) is 2.86. The Hall–Kier alpha value is -1.06. The van der Waals surface area contributed by atoms with Gasteiger partial charge in [-0.1, -0.05) is 37.8 Å². The predicted molar refractivity (Wildman–Crippen MR) is 81.9 cm³/mol. The van der Waals surface area contributed by atoms with Crippen molar-refractivity contribution in [3.63, 3.8) is 0 Å². The lowest BCUT2D eigenvalue weighted by molar-refractivity contribution is 0.183. The molecular formula is C17H27NO2. The fourth-order valence-corrected chi connectivity index (χ4v) is 2.86. The van der Waals surface area contributed by atoms with Crippen LogP contribution in [0.5, 0.6) is 5.75 Å². The molecule has 112 valence electrons. The minimum absolute atomic E-state index is 0.299. The maximum atomic E-state index is 9.60. The smallest absolute Gasteiger partial charge is 0.119 e. The minimum atomic E-state index is -0.466. The summed E-state index contributed by atoms with van der Waals surface area (Å²) < 4.78 is 5.94. The Bertz CT molecular complexity index is 386. The van der Waals surface area contributed by atoms with Gasteiger partial charge in [-0.05, 0) is 42.9 Å². The summed E-state index contributed by atoms with van der Waals surface area (Å²) in [6.07, 6.45) is 8.17. The molecule has 0 spiro atoms. The quantitative estimate of drug-likeness (QED) is 0.786. The van der Waals surface area contributed by atoms with Crippen molar-refractivity contribution in [2.45, 2.75) is 51.0 Å². The van der Waals surface area contributed by atoms with Gasteiger partial charge in [0.2, 0.25) is 0 Å². The maximum Gasteiger partial charge on any atom is 0.119 e. The first-order chi connectivity index (χ1) is 9.78. The van der Waals surface area contributed by atoms with E-state index >= 15 is 0 Å². The molecule has 0 bridgehead atoms. The normalized spacial score (nSPS) is 18.5. The van der Waals surface area contributed by atoms with Crippen LogP contribution in [0.4, 0.5) is 0 Å². The molecule has 0 aliphatic heterocycles. The van der Waals surface area contributed by atoms with Crippen LogP contribution in [-0.4, -0.2) is 24.4 Å². The molecule has 3 N–H and O–H groups in total. The van der Waals surface area contributed by atoms with E-state index in [2.05, 4.69) is 0 Å². The van der Waals surface area contributed by atoms with Crippen LogP contribution >= 0.6 is 0 Å². The van der Waals surface area contributed by atoms with E-state index in [0.717, 1.165) is 17.9 Å². The van der Waals surface area contributed by atoms with Gasteiger partial charge in [-0.2, -0.15) is 0 Å². The summed E-state index contributed by atoms with van der Waals surface area (Å²) in [5, 5.41) is 9.60. The Morgan fingerprint density at radius 2 is 1.95 bits per heavy atom. The van der Waals surface area contributed by atoms with Crippen LogP contribution < -0.4 is 10.5 Å². The zero-order valence-corrected chi connectivity index (χ0v) is 12.3. The molecule has 3 nitrogen and oxygen atoms in total. The molecule has 1 aromatic rings. The van der Waals surface area contributed by atoms with Crippen molar-refractivity contribution in [2.24, 2.45) is 11.7 Å². The molecule has 1 saturated carbocycles. The Morgan fingerprint density at radius 1 is 1.20 bits per heavy atom. The molecule has 1 aliphatic rings. The van der Waals surface area contributed by atoms with E-state index in [9.17, 15) is 5.11 Å². The van der Waals surface area contributed by atoms with Gasteiger partial charge in [0.05, 0.1) is 12.7 Å². The lowest BCUT2D eigenvalue weighted by Crippen LogP contribution is -2.21. The van der Waals surface area contributed by atoms with Crippen molar-refractivity contribution < 1.29 is 9.84 Å². The molecule has 0 amide bonds. The molecule has 0 radical (unpaired) electrons. The van der Waals surface area contributed by atoms with Gasteiger partial charge in [0.1, 0.15) is 5.75 Å². The van der Waals surface area contributed by atoms with E-state index in [-0.39, 0.29) is 0 Å². The van der Waals surface area contributed by atoms with Gasteiger partial charge in [0.15, 0.2) is 0 Å². The first kappa shape index (κ1) is 15.3. The largest absolute Gasteiger partial charge is 0.493 e. The van der Waals surface area contributed by atoms with Crippen molar-refractivity contribution in [3.8, 4) is 5.75 Å². The Labute approximate surface area is 122 Å². The number of nitrogens with two attached hydrogens (primary N) is 1. The molecule has 1 fully saturated rings. The van der Waals surface area contributed by atoms with Gasteiger partial charge in [0.25, 0.3) is 0 Å². The third kappa shape index (κ3) is 5.14. The fraction of sp³-hybridized carbons (Fsp3) is 0.647. The van der Waals surface area contributed by atoms with E-state index in [0.29, 0.717) is 18.9 Å². The number of benzene rings is 1. The highest BCUT2D eigenvalue weighted by Gasteiger charge is 2.13. The van der Waals surface area contributed by atoms with Gasteiger partial charge >= 0.3 is 0 Å². The third-order valence-corrected chi connectivity index (χ3v) is 4.10. The number of hydrogen-bond acceptors (Lipinski definition) is 3. The highest BCUT2D eigenvalue weighted by atomic mass is 16.5. The van der Waals surface area contributed by atoms with E-state index in [1.807, 2.05) is 24.3 Å². The maximum absolute atomic E-state index is 9.60. The van der Waals surface area contributed by atoms with Crippen molar-refractivity contribution >= 4 is 0 Å². The van der Waals surface area contributed by atoms with Gasteiger partial charge in [-0.25, -0.2) is 0 Å². The van der Waals surface area contributed by atoms with E-state index in [1.165, 1.54) is 38.5 Å². The van der Waals surface area contributed by atoms with Gasteiger partial charge in [-0.15, -0.1) is 0 Å². The molecular weight excluding hydrogens is 250 g/mol. The van der Waals surface area contributed by atoms with Crippen LogP contribution in [0.2, 0.25) is 0 Å². The Kier molecular flexibility index (Phi) is 6.34. The van der Waals surface area contributed by atoms with Gasteiger partial charge in [0, 0.05) is 6.54 Å². The van der Waals surface area contributed by atoms with Gasteiger partial charge in [-0.3, -0.25) is 0 Å². The number of aliphatic hydroxyl groups excluding tert-OH is 1. The standard InChI is InChI=1S/C17H27NO2/c18-12-16(19)10-15-8-5-9-17(11-15)20-13-14-6-3-1-2-4-7-14/h5,8-9,11,14,16,19H,1-4,6-7,10,12-13,18H2. The summed E-state index contributed by atoms with van der Waals surface area (Å²) in [4.78, 5) is 0. The average Bonchev–Trinajstić information content (AvgIpc) is 2.74. The monoisotopic (exact) mass is 277 g/mol. The summed E-state index contributed by atoms with van der Waals surface area (Å²) in [6.45, 7) is 1.12. The summed E-state index contributed by atoms with van der Waals surface area (Å²) in [6, 6.07) is 8.02. The van der Waals surface area contributed by atoms with E-state index in [1.54, 1.807) is 0 Å². The molecule has 1 unspecified atom stereocenters. The molecule has 1 atom stereocenters. The molecule has 0 heterocycles. The van der Waals surface area contributed by atoms with Crippen LogP contribution in [0.25, 0.3) is 0 Å². The Balaban J connectivity index is 1.84. The summed E-state index contributed by atoms with van der Waals surface area (Å²) in [5.41, 5.74) is 6.53. The lowest BCUT2D eigenvalue weighted by atomic mass is 10.0. The molecule has 0 saturated heterocycles. The Morgan fingerprint density at radius 3 is 2.65 bits per heavy atom. The molecule has 0 aromatic heterocycles. The molecule has 2 rings (SSSR count). The molecule has 20 heavy (non-hydrogen) atoms. The number of ether oxygens (including phenoxy) is 1. The average molecular weight is 277 g/mol. The highest BCUT2D eigenvalue weighted by molar-refractivity contribution is 5.29. The highest BCUT2D eigenvalue weighted by Crippen LogP contribution is 2.24. The second-order valence-corrected chi connectivity index (χ2v) is 5.91. The zero-order chi connectivity index (χ0) is 14.2. The number of aliphatic hydroxyl groups is 1. The van der Waals surface area contributed by atoms with Crippen molar-refractivity contribution in [3.05, 3.63) is 29.8 Å². The predicted octanol–water partition coefficient (Wildman–Crippen LogP) is 2.90. The third-order valence-electron chi connectivity index (χ3n) is 4.10. The topological polar surface area (TPSA) is 55.5 Å². The van der Waals surface area contributed by atoms with Crippen molar-refractivity contribution in [2.75, 3.05) is 13.2 Å². The first-order valence-corrected chi connectivity index (χ1v) is 7.88. The lowest BCUT2D eigenvalue weighted by Gasteiger charge is -2.16. The summed E-state index contributed by atoms with van der Waals surface area (Å²) in [7, 11) is 0.